The van der Waals surface area contributed by atoms with Gasteiger partial charge in [-0.1, -0.05) is 146 Å². The van der Waals surface area contributed by atoms with Crippen molar-refractivity contribution >= 4 is 61.4 Å². The molecule has 2 aromatic heterocycles. The summed E-state index contributed by atoms with van der Waals surface area (Å²) >= 11 is 0. The molecular weight excluding hydrogens is 705 g/mol. The number of rotatable bonds is 8. The third-order valence-corrected chi connectivity index (χ3v) is 11.6. The molecule has 0 N–H and O–H groups in total. The molecule has 11 rings (SSSR count). The van der Waals surface area contributed by atoms with Crippen LogP contribution in [0.25, 0.3) is 43.8 Å². The average molecular weight is 743 g/mol. The van der Waals surface area contributed by atoms with E-state index in [1.807, 2.05) is 18.5 Å². The summed E-state index contributed by atoms with van der Waals surface area (Å²) in [5.74, 6) is 1.78. The molecule has 0 radical (unpaired) electrons. The first-order chi connectivity index (χ1) is 28.8. The average Bonchev–Trinajstić information content (AvgIpc) is 3.30. The van der Waals surface area contributed by atoms with E-state index in [1.54, 1.807) is 0 Å². The van der Waals surface area contributed by atoms with Crippen LogP contribution in [0.1, 0.15) is 22.3 Å². The smallest absolute Gasteiger partial charge is 0.138 e. The second kappa shape index (κ2) is 14.2. The predicted molar refractivity (Wildman–Crippen MR) is 241 cm³/mol. The molecule has 0 saturated heterocycles. The number of anilines is 5. The van der Waals surface area contributed by atoms with Crippen LogP contribution in [0.4, 0.5) is 28.7 Å². The number of hydrogen-bond acceptors (Lipinski definition) is 4. The van der Waals surface area contributed by atoms with Gasteiger partial charge in [0, 0.05) is 34.5 Å². The van der Waals surface area contributed by atoms with Crippen molar-refractivity contribution in [2.24, 2.45) is 0 Å². The van der Waals surface area contributed by atoms with Crippen LogP contribution in [0.3, 0.4) is 0 Å². The third kappa shape index (κ3) is 5.69. The molecule has 2 aliphatic carbocycles. The van der Waals surface area contributed by atoms with Crippen LogP contribution in [0, 0.1) is 0 Å². The maximum absolute atomic E-state index is 5.15. The summed E-state index contributed by atoms with van der Waals surface area (Å²) in [4.78, 5) is 14.9. The number of benzene rings is 7. The summed E-state index contributed by atoms with van der Waals surface area (Å²) in [6.45, 7) is 0. The number of fused-ring (bicyclic) bond motifs is 1. The van der Waals surface area contributed by atoms with E-state index in [1.165, 1.54) is 55.3 Å². The quantitative estimate of drug-likeness (QED) is 0.155. The molecule has 2 heterocycles. The number of aromatic nitrogens is 2. The summed E-state index contributed by atoms with van der Waals surface area (Å²) in [7, 11) is 0. The maximum Gasteiger partial charge on any atom is 0.138 e. The summed E-state index contributed by atoms with van der Waals surface area (Å²) in [6, 6.07) is 67.0. The van der Waals surface area contributed by atoms with Crippen LogP contribution in [0.5, 0.6) is 0 Å². The van der Waals surface area contributed by atoms with E-state index in [9.17, 15) is 0 Å². The number of para-hydroxylation sites is 2. The molecule has 0 aliphatic heterocycles. The molecule has 0 amide bonds. The Bertz CT molecular complexity index is 2980. The maximum atomic E-state index is 5.15. The normalized spacial score (nSPS) is 14.2. The molecule has 4 heteroatoms. The van der Waals surface area contributed by atoms with Gasteiger partial charge >= 0.3 is 0 Å². The lowest BCUT2D eigenvalue weighted by atomic mass is 9.73. The Kier molecular flexibility index (Phi) is 8.25. The van der Waals surface area contributed by atoms with Crippen molar-refractivity contribution in [3.8, 4) is 11.1 Å². The Morgan fingerprint density at radius 1 is 0.517 bits per heavy atom. The zero-order valence-electron chi connectivity index (χ0n) is 31.8. The lowest BCUT2D eigenvalue weighted by molar-refractivity contribution is 0.923. The van der Waals surface area contributed by atoms with Crippen molar-refractivity contribution in [1.29, 1.82) is 0 Å². The van der Waals surface area contributed by atoms with Crippen molar-refractivity contribution in [1.82, 2.24) is 9.97 Å². The summed E-state index contributed by atoms with van der Waals surface area (Å²) in [6.07, 6.45) is 9.62. The second-order valence-corrected chi connectivity index (χ2v) is 14.9. The SMILES string of the molecule is C1=C(c2ccccc2)c2ccc3c(N(c4ccccc4)c4cc5ccccc5cn4)cc(-c4ccccc4)c4c3c2C(=CC4)C1N(c1ccccc1)c1ccccn1. The Morgan fingerprint density at radius 2 is 1.17 bits per heavy atom. The Labute approximate surface area is 338 Å². The van der Waals surface area contributed by atoms with Crippen molar-refractivity contribution in [3.05, 3.63) is 235 Å². The minimum Gasteiger partial charge on any atom is -0.315 e. The van der Waals surface area contributed by atoms with E-state index in [2.05, 4.69) is 204 Å². The minimum atomic E-state index is -0.130. The largest absolute Gasteiger partial charge is 0.315 e. The van der Waals surface area contributed by atoms with Crippen molar-refractivity contribution in [2.45, 2.75) is 12.5 Å². The van der Waals surface area contributed by atoms with Gasteiger partial charge in [0.25, 0.3) is 0 Å². The van der Waals surface area contributed by atoms with E-state index in [0.29, 0.717) is 0 Å². The first kappa shape index (κ1) is 33.8. The van der Waals surface area contributed by atoms with Crippen LogP contribution in [0.2, 0.25) is 0 Å². The molecule has 4 nitrogen and oxygen atoms in total. The molecule has 274 valence electrons. The zero-order chi connectivity index (χ0) is 38.4. The van der Waals surface area contributed by atoms with E-state index in [0.717, 1.165) is 45.9 Å². The van der Waals surface area contributed by atoms with Gasteiger partial charge in [-0.05, 0) is 116 Å². The van der Waals surface area contributed by atoms with Gasteiger partial charge in [0.1, 0.15) is 11.6 Å². The van der Waals surface area contributed by atoms with Crippen LogP contribution < -0.4 is 9.80 Å². The highest BCUT2D eigenvalue weighted by Crippen LogP contribution is 2.52. The van der Waals surface area contributed by atoms with Gasteiger partial charge in [-0.25, -0.2) is 9.97 Å². The molecule has 58 heavy (non-hydrogen) atoms. The highest BCUT2D eigenvalue weighted by molar-refractivity contribution is 6.14. The van der Waals surface area contributed by atoms with Crippen molar-refractivity contribution in [2.75, 3.05) is 9.80 Å². The Hall–Kier alpha value is -7.56. The predicted octanol–water partition coefficient (Wildman–Crippen LogP) is 13.5. The van der Waals surface area contributed by atoms with Crippen molar-refractivity contribution in [3.63, 3.8) is 0 Å². The highest BCUT2D eigenvalue weighted by Gasteiger charge is 2.36. The summed E-state index contributed by atoms with van der Waals surface area (Å²) in [5.41, 5.74) is 13.2. The van der Waals surface area contributed by atoms with Crippen molar-refractivity contribution < 1.29 is 0 Å². The van der Waals surface area contributed by atoms with Gasteiger partial charge in [-0.2, -0.15) is 0 Å². The minimum absolute atomic E-state index is 0.130. The second-order valence-electron chi connectivity index (χ2n) is 14.9. The van der Waals surface area contributed by atoms with Crippen LogP contribution in [-0.2, 0) is 6.42 Å². The number of nitrogens with zero attached hydrogens (tertiary/aromatic N) is 4. The highest BCUT2D eigenvalue weighted by atomic mass is 15.2. The monoisotopic (exact) mass is 742 g/mol. The van der Waals surface area contributed by atoms with Gasteiger partial charge in [0.15, 0.2) is 0 Å². The van der Waals surface area contributed by atoms with E-state index >= 15 is 0 Å². The fourth-order valence-electron chi connectivity index (χ4n) is 9.05. The molecular formula is C54H38N4. The topological polar surface area (TPSA) is 32.3 Å². The van der Waals surface area contributed by atoms with Gasteiger partial charge in [0.05, 0.1) is 11.7 Å². The third-order valence-electron chi connectivity index (χ3n) is 11.6. The molecule has 0 fully saturated rings. The number of hydrogen-bond donors (Lipinski definition) is 0. The van der Waals surface area contributed by atoms with E-state index in [-0.39, 0.29) is 6.04 Å². The molecule has 0 bridgehead atoms. The molecule has 9 aromatic rings. The summed E-state index contributed by atoms with van der Waals surface area (Å²) in [5, 5.41) is 4.74. The Morgan fingerprint density at radius 3 is 1.90 bits per heavy atom. The van der Waals surface area contributed by atoms with Gasteiger partial charge in [-0.15, -0.1) is 0 Å². The molecule has 0 saturated carbocycles. The van der Waals surface area contributed by atoms with Gasteiger partial charge < -0.3 is 4.90 Å². The van der Waals surface area contributed by atoms with Crippen LogP contribution in [0.15, 0.2) is 213 Å². The molecule has 1 unspecified atom stereocenters. The van der Waals surface area contributed by atoms with Crippen LogP contribution >= 0.6 is 0 Å². The lowest BCUT2D eigenvalue weighted by Gasteiger charge is -2.39. The molecule has 0 spiro atoms. The summed E-state index contributed by atoms with van der Waals surface area (Å²) < 4.78 is 0. The number of pyridine rings is 2. The van der Waals surface area contributed by atoms with Crippen LogP contribution in [-0.4, -0.2) is 16.0 Å². The van der Waals surface area contributed by atoms with Gasteiger partial charge in [-0.3, -0.25) is 4.90 Å². The first-order valence-electron chi connectivity index (χ1n) is 19.9. The number of allylic oxidation sites excluding steroid dienone is 1. The van der Waals surface area contributed by atoms with E-state index in [4.69, 9.17) is 9.97 Å². The fraction of sp³-hybridized carbons (Fsp3) is 0.0370. The lowest BCUT2D eigenvalue weighted by Crippen LogP contribution is -2.34. The molecule has 1 atom stereocenters. The Balaban J connectivity index is 1.24. The molecule has 7 aromatic carbocycles. The standard InChI is InChI=1S/C54H38N4/c1-5-17-37(18-6-1)47-34-49(57(41-23-9-3-10-24-41)51-27-15-16-32-55-51)45-30-28-44-48(38-19-7-2-8-20-38)35-50(46-31-29-43(47)53(45)54(44)46)58(42-25-11-4-12-26-42)52-33-39-21-13-14-22-40(39)36-56-52/h1-27,29-36,49H,28H2. The molecule has 2 aliphatic rings. The fourth-order valence-corrected chi connectivity index (χ4v) is 9.05. The first-order valence-corrected chi connectivity index (χ1v) is 19.9. The van der Waals surface area contributed by atoms with E-state index < -0.39 is 0 Å². The zero-order valence-corrected chi connectivity index (χ0v) is 31.8. The van der Waals surface area contributed by atoms with Gasteiger partial charge in [0.2, 0.25) is 0 Å².